The van der Waals surface area contributed by atoms with Gasteiger partial charge in [0.2, 0.25) is 0 Å². The smallest absolute Gasteiger partial charge is 0.313 e. The van der Waals surface area contributed by atoms with Crippen molar-refractivity contribution in [2.45, 2.75) is 31.8 Å². The van der Waals surface area contributed by atoms with Crippen LogP contribution in [0.5, 0.6) is 0 Å². The summed E-state index contributed by atoms with van der Waals surface area (Å²) >= 11 is 12.6. The Morgan fingerprint density at radius 1 is 1.40 bits per heavy atom. The Morgan fingerprint density at radius 3 is 2.73 bits per heavy atom. The molecule has 2 fully saturated rings. The molecule has 0 radical (unpaired) electrons. The van der Waals surface area contributed by atoms with Crippen molar-refractivity contribution in [2.24, 2.45) is 17.3 Å². The number of hydrogen-bond acceptors (Lipinski definition) is 5. The highest BCUT2D eigenvalue weighted by atomic mass is 35.5. The molecule has 1 spiro atoms. The van der Waals surface area contributed by atoms with E-state index in [4.69, 9.17) is 27.9 Å². The van der Waals surface area contributed by atoms with E-state index < -0.39 is 41.3 Å². The highest BCUT2D eigenvalue weighted by Gasteiger charge is 2.73. The third-order valence-electron chi connectivity index (χ3n) is 6.37. The van der Waals surface area contributed by atoms with Crippen LogP contribution >= 0.6 is 23.2 Å². The number of halogens is 2. The molecule has 30 heavy (non-hydrogen) atoms. The highest BCUT2D eigenvalue weighted by Crippen LogP contribution is 2.61. The number of ether oxygens (including phenoxy) is 1. The third kappa shape index (κ3) is 2.79. The van der Waals surface area contributed by atoms with E-state index in [1.54, 1.807) is 6.07 Å². The maximum atomic E-state index is 13.6. The second-order valence-electron chi connectivity index (χ2n) is 8.85. The van der Waals surface area contributed by atoms with E-state index in [2.05, 4.69) is 11.9 Å². The highest BCUT2D eigenvalue weighted by molar-refractivity contribution is 6.38. The van der Waals surface area contributed by atoms with E-state index in [0.717, 1.165) is 0 Å². The van der Waals surface area contributed by atoms with Gasteiger partial charge < -0.3 is 15.2 Å². The molecular weight excluding hydrogens is 431 g/mol. The molecule has 2 N–H and O–H groups in total. The average molecular weight is 453 g/mol. The molecule has 3 aliphatic heterocycles. The average Bonchev–Trinajstić information content (AvgIpc) is 3.20. The number of anilines is 1. The van der Waals surface area contributed by atoms with Crippen LogP contribution in [-0.4, -0.2) is 47.0 Å². The number of carboxylic acid groups (broad SMARTS) is 1. The lowest BCUT2D eigenvalue weighted by Gasteiger charge is -2.37. The van der Waals surface area contributed by atoms with E-state index in [0.29, 0.717) is 29.2 Å². The second kappa shape index (κ2) is 6.97. The molecule has 4 atom stereocenters. The molecule has 0 saturated carbocycles. The maximum Gasteiger partial charge on any atom is 0.313 e. The topological polar surface area (TPSA) is 95.9 Å². The van der Waals surface area contributed by atoms with Gasteiger partial charge in [-0.3, -0.25) is 19.3 Å². The first-order valence-corrected chi connectivity index (χ1v) is 10.4. The van der Waals surface area contributed by atoms with Crippen LogP contribution in [0.2, 0.25) is 10.0 Å². The fourth-order valence-corrected chi connectivity index (χ4v) is 6.01. The number of carboxylic acids is 1. The summed E-state index contributed by atoms with van der Waals surface area (Å²) in [6.07, 6.45) is 1.92. The van der Waals surface area contributed by atoms with Crippen LogP contribution in [0.1, 0.15) is 25.8 Å². The summed E-state index contributed by atoms with van der Waals surface area (Å²) in [6, 6.07) is 2.57. The fourth-order valence-electron chi connectivity index (χ4n) is 5.47. The predicted molar refractivity (Wildman–Crippen MR) is 111 cm³/mol. The maximum absolute atomic E-state index is 13.6. The standard InChI is InChI=1S/C21H22Cl2N2O5/c1-4-5-30-18(28)15-14(17(26)27)13-8-20(2,3)9-25(13)21(15)11-6-10(22)7-12(23)16(11)24-19(21)29/h4,6-7,13-15H,1,5,8-9H2,2-3H3,(H,24,29)(H,26,27)/t13-,14+,15-,21?/m1/s1. The molecule has 0 aliphatic carbocycles. The number of amides is 1. The van der Waals surface area contributed by atoms with E-state index in [9.17, 15) is 19.5 Å². The van der Waals surface area contributed by atoms with Gasteiger partial charge in [-0.05, 0) is 24.0 Å². The minimum Gasteiger partial charge on any atom is -0.481 e. The summed E-state index contributed by atoms with van der Waals surface area (Å²) in [5.41, 5.74) is -1.05. The number of benzene rings is 1. The molecule has 4 rings (SSSR count). The first kappa shape index (κ1) is 21.2. The zero-order valence-electron chi connectivity index (χ0n) is 16.6. The van der Waals surface area contributed by atoms with Crippen molar-refractivity contribution < 1.29 is 24.2 Å². The van der Waals surface area contributed by atoms with Gasteiger partial charge in [-0.2, -0.15) is 0 Å². The number of nitrogens with zero attached hydrogens (tertiary/aromatic N) is 1. The van der Waals surface area contributed by atoms with Crippen LogP contribution in [0.25, 0.3) is 0 Å². The quantitative estimate of drug-likeness (QED) is 0.537. The third-order valence-corrected chi connectivity index (χ3v) is 6.89. The van der Waals surface area contributed by atoms with Crippen LogP contribution in [0, 0.1) is 17.3 Å². The lowest BCUT2D eigenvalue weighted by molar-refractivity contribution is -0.160. The van der Waals surface area contributed by atoms with Crippen LogP contribution in [0.3, 0.4) is 0 Å². The van der Waals surface area contributed by atoms with Crippen molar-refractivity contribution in [2.75, 3.05) is 18.5 Å². The van der Waals surface area contributed by atoms with E-state index in [-0.39, 0.29) is 17.0 Å². The molecule has 1 unspecified atom stereocenters. The molecule has 1 aromatic rings. The van der Waals surface area contributed by atoms with Crippen LogP contribution < -0.4 is 5.32 Å². The van der Waals surface area contributed by atoms with E-state index in [1.165, 1.54) is 12.1 Å². The summed E-state index contributed by atoms with van der Waals surface area (Å²) in [4.78, 5) is 41.0. The molecule has 3 aliphatic rings. The van der Waals surface area contributed by atoms with Crippen LogP contribution in [-0.2, 0) is 24.7 Å². The monoisotopic (exact) mass is 452 g/mol. The predicted octanol–water partition coefficient (Wildman–Crippen LogP) is 3.30. The zero-order chi connectivity index (χ0) is 22.0. The number of carbonyl (C=O) groups excluding carboxylic acids is 2. The Hall–Kier alpha value is -2.09. The van der Waals surface area contributed by atoms with Gasteiger partial charge >= 0.3 is 11.9 Å². The number of rotatable bonds is 4. The van der Waals surface area contributed by atoms with Crippen molar-refractivity contribution in [1.82, 2.24) is 4.90 Å². The summed E-state index contributed by atoms with van der Waals surface area (Å²) in [7, 11) is 0. The first-order chi connectivity index (χ1) is 14.0. The molecule has 1 amide bonds. The minimum absolute atomic E-state index is 0.0846. The number of fused-ring (bicyclic) bond motifs is 4. The van der Waals surface area contributed by atoms with Gasteiger partial charge in [0, 0.05) is 23.2 Å². The van der Waals surface area contributed by atoms with Crippen molar-refractivity contribution in [1.29, 1.82) is 0 Å². The van der Waals surface area contributed by atoms with Crippen molar-refractivity contribution in [3.8, 4) is 0 Å². The Balaban J connectivity index is 1.99. The molecule has 0 bridgehead atoms. The Bertz CT molecular complexity index is 978. The summed E-state index contributed by atoms with van der Waals surface area (Å²) in [5.74, 6) is -4.78. The Labute approximate surface area is 184 Å². The summed E-state index contributed by atoms with van der Waals surface area (Å²) in [5, 5.41) is 13.4. The lowest BCUT2D eigenvalue weighted by atomic mass is 9.72. The lowest BCUT2D eigenvalue weighted by Crippen LogP contribution is -2.54. The Kier molecular flexibility index (Phi) is 4.91. The number of aliphatic carboxylic acids is 1. The van der Waals surface area contributed by atoms with Gasteiger partial charge in [0.1, 0.15) is 18.1 Å². The molecule has 2 saturated heterocycles. The molecule has 7 nitrogen and oxygen atoms in total. The Morgan fingerprint density at radius 2 is 2.10 bits per heavy atom. The normalized spacial score (nSPS) is 31.3. The van der Waals surface area contributed by atoms with Crippen molar-refractivity contribution in [3.63, 3.8) is 0 Å². The van der Waals surface area contributed by atoms with Gasteiger partial charge in [0.25, 0.3) is 5.91 Å². The van der Waals surface area contributed by atoms with Gasteiger partial charge in [0.15, 0.2) is 0 Å². The number of nitrogens with one attached hydrogen (secondary N) is 1. The molecule has 160 valence electrons. The minimum atomic E-state index is -1.57. The van der Waals surface area contributed by atoms with Crippen LogP contribution in [0.15, 0.2) is 24.8 Å². The largest absolute Gasteiger partial charge is 0.481 e. The van der Waals surface area contributed by atoms with Crippen molar-refractivity contribution in [3.05, 3.63) is 40.4 Å². The first-order valence-electron chi connectivity index (χ1n) is 9.62. The molecule has 3 heterocycles. The second-order valence-corrected chi connectivity index (χ2v) is 9.70. The van der Waals surface area contributed by atoms with Crippen molar-refractivity contribution >= 4 is 46.7 Å². The SMILES string of the molecule is C=CCOC(=O)[C@H]1[C@@H](C(=O)O)[C@H]2CC(C)(C)CN2C12C(=O)Nc1c(Cl)cc(Cl)cc12. The van der Waals surface area contributed by atoms with Gasteiger partial charge in [-0.15, -0.1) is 0 Å². The molecule has 0 aromatic heterocycles. The summed E-state index contributed by atoms with van der Waals surface area (Å²) < 4.78 is 5.29. The van der Waals surface area contributed by atoms with E-state index in [1.807, 2.05) is 18.7 Å². The van der Waals surface area contributed by atoms with Gasteiger partial charge in [0.05, 0.1) is 16.6 Å². The number of hydrogen-bond donors (Lipinski definition) is 2. The van der Waals surface area contributed by atoms with Gasteiger partial charge in [-0.25, -0.2) is 0 Å². The fraction of sp³-hybridized carbons (Fsp3) is 0.476. The van der Waals surface area contributed by atoms with Crippen LogP contribution in [0.4, 0.5) is 5.69 Å². The summed E-state index contributed by atoms with van der Waals surface area (Å²) in [6.45, 7) is 7.92. The van der Waals surface area contributed by atoms with Gasteiger partial charge in [-0.1, -0.05) is 49.7 Å². The number of esters is 1. The number of carbonyl (C=O) groups is 3. The zero-order valence-corrected chi connectivity index (χ0v) is 18.1. The molecular formula is C21H22Cl2N2O5. The molecule has 1 aromatic carbocycles. The van der Waals surface area contributed by atoms with E-state index >= 15 is 0 Å². The molecule has 9 heteroatoms.